The van der Waals surface area contributed by atoms with Gasteiger partial charge in [0.25, 0.3) is 0 Å². The van der Waals surface area contributed by atoms with Crippen LogP contribution in [0, 0.1) is 6.92 Å². The van der Waals surface area contributed by atoms with Gasteiger partial charge in [0, 0.05) is 23.0 Å². The number of alkyl halides is 3. The van der Waals surface area contributed by atoms with Crippen LogP contribution in [-0.2, 0) is 6.18 Å². The number of halogens is 3. The van der Waals surface area contributed by atoms with E-state index in [4.69, 9.17) is 10.5 Å². The molecule has 0 saturated heterocycles. The highest BCUT2D eigenvalue weighted by molar-refractivity contribution is 5.60. The lowest BCUT2D eigenvalue weighted by atomic mass is 10.2. The minimum absolute atomic E-state index is 0.120. The number of aromatic amines is 1. The molecule has 31 heavy (non-hydrogen) atoms. The normalized spacial score (nSPS) is 11.4. The standard InChI is InChI=1S/C20H16F3N7O/c1-11-9-16(27-18(24)25-11)31-15-7-5-12(6-8-15)17-28-19(30-29-17)26-14-4-2-3-13(10-14)20(21,22)23/h2-10H,1H3,(H2,24,25,27)(H2,26,28,29,30). The van der Waals surface area contributed by atoms with E-state index < -0.39 is 11.7 Å². The fraction of sp³-hybridized carbons (Fsp3) is 0.100. The van der Waals surface area contributed by atoms with Gasteiger partial charge < -0.3 is 20.8 Å². The van der Waals surface area contributed by atoms with E-state index in [9.17, 15) is 13.2 Å². The maximum Gasteiger partial charge on any atom is 0.416 e. The fourth-order valence-corrected chi connectivity index (χ4v) is 2.77. The second kappa shape index (κ2) is 7.94. The zero-order valence-corrected chi connectivity index (χ0v) is 16.1. The summed E-state index contributed by atoms with van der Waals surface area (Å²) >= 11 is 0. The summed E-state index contributed by atoms with van der Waals surface area (Å²) in [5, 5.41) is 10.7. The molecule has 0 unspecified atom stereocenters. The van der Waals surface area contributed by atoms with Gasteiger partial charge in [-0.25, -0.2) is 4.98 Å². The Kier molecular flexibility index (Phi) is 5.15. The Labute approximate surface area is 174 Å². The zero-order valence-electron chi connectivity index (χ0n) is 16.1. The molecule has 4 N–H and O–H groups in total. The van der Waals surface area contributed by atoms with Gasteiger partial charge in [0.05, 0.1) is 5.56 Å². The first-order chi connectivity index (χ1) is 14.8. The van der Waals surface area contributed by atoms with Crippen LogP contribution < -0.4 is 15.8 Å². The first-order valence-corrected chi connectivity index (χ1v) is 9.03. The van der Waals surface area contributed by atoms with E-state index in [1.165, 1.54) is 12.1 Å². The third-order valence-electron chi connectivity index (χ3n) is 4.14. The van der Waals surface area contributed by atoms with Crippen molar-refractivity contribution < 1.29 is 17.9 Å². The molecule has 0 aliphatic rings. The van der Waals surface area contributed by atoms with Crippen LogP contribution in [0.15, 0.2) is 54.6 Å². The lowest BCUT2D eigenvalue weighted by Crippen LogP contribution is -2.05. The third kappa shape index (κ3) is 4.89. The maximum absolute atomic E-state index is 12.9. The molecule has 0 saturated carbocycles. The summed E-state index contributed by atoms with van der Waals surface area (Å²) in [4.78, 5) is 10.9. The van der Waals surface area contributed by atoms with Crippen molar-refractivity contribution in [2.45, 2.75) is 13.1 Å². The van der Waals surface area contributed by atoms with Crippen LogP contribution >= 0.6 is 0 Å². The van der Waals surface area contributed by atoms with Gasteiger partial charge in [0.2, 0.25) is 17.8 Å². The first-order valence-electron chi connectivity index (χ1n) is 9.03. The number of rotatable bonds is 5. The number of benzene rings is 2. The monoisotopic (exact) mass is 427 g/mol. The van der Waals surface area contributed by atoms with Gasteiger partial charge >= 0.3 is 6.18 Å². The lowest BCUT2D eigenvalue weighted by molar-refractivity contribution is -0.137. The van der Waals surface area contributed by atoms with E-state index in [0.29, 0.717) is 28.7 Å². The molecule has 2 heterocycles. The van der Waals surface area contributed by atoms with Gasteiger partial charge in [-0.05, 0) is 49.4 Å². The number of nitrogens with two attached hydrogens (primary N) is 1. The van der Waals surface area contributed by atoms with Gasteiger partial charge in [0.15, 0.2) is 5.82 Å². The molecule has 0 aliphatic carbocycles. The molecule has 158 valence electrons. The summed E-state index contributed by atoms with van der Waals surface area (Å²) in [6.07, 6.45) is -4.43. The number of aryl methyl sites for hydroxylation is 1. The SMILES string of the molecule is Cc1cc(Oc2ccc(-c3nnc(Nc4cccc(C(F)(F)F)c4)[nH]3)cc2)nc(N)n1. The fourth-order valence-electron chi connectivity index (χ4n) is 2.77. The molecular formula is C20H16F3N7O. The van der Waals surface area contributed by atoms with E-state index >= 15 is 0 Å². The molecule has 0 fully saturated rings. The second-order valence-corrected chi connectivity index (χ2v) is 6.56. The van der Waals surface area contributed by atoms with E-state index in [1.54, 1.807) is 37.3 Å². The number of hydrogen-bond donors (Lipinski definition) is 3. The van der Waals surface area contributed by atoms with Crippen LogP contribution in [-0.4, -0.2) is 25.1 Å². The van der Waals surface area contributed by atoms with Crippen LogP contribution in [0.1, 0.15) is 11.3 Å². The summed E-state index contributed by atoms with van der Waals surface area (Å²) < 4.78 is 44.2. The van der Waals surface area contributed by atoms with Crippen LogP contribution in [0.2, 0.25) is 0 Å². The number of nitrogens with zero attached hydrogens (tertiary/aromatic N) is 4. The number of anilines is 3. The average Bonchev–Trinajstić information content (AvgIpc) is 3.16. The largest absolute Gasteiger partial charge is 0.439 e. The highest BCUT2D eigenvalue weighted by Crippen LogP contribution is 2.31. The molecule has 4 aromatic rings. The van der Waals surface area contributed by atoms with Gasteiger partial charge in [-0.15, -0.1) is 10.2 Å². The van der Waals surface area contributed by atoms with Crippen molar-refractivity contribution in [3.8, 4) is 23.0 Å². The number of H-pyrrole nitrogens is 1. The predicted molar refractivity (Wildman–Crippen MR) is 108 cm³/mol. The van der Waals surface area contributed by atoms with E-state index in [2.05, 4.69) is 30.5 Å². The lowest BCUT2D eigenvalue weighted by Gasteiger charge is -2.08. The van der Waals surface area contributed by atoms with Crippen molar-refractivity contribution >= 4 is 17.6 Å². The summed E-state index contributed by atoms with van der Waals surface area (Å²) in [5.74, 6) is 1.62. The summed E-state index contributed by atoms with van der Waals surface area (Å²) in [5.41, 5.74) is 6.48. The van der Waals surface area contributed by atoms with E-state index in [1.807, 2.05) is 0 Å². The first kappa shape index (κ1) is 20.1. The summed E-state index contributed by atoms with van der Waals surface area (Å²) in [6, 6.07) is 13.4. The van der Waals surface area contributed by atoms with Gasteiger partial charge in [-0.2, -0.15) is 18.2 Å². The van der Waals surface area contributed by atoms with Crippen LogP contribution in [0.3, 0.4) is 0 Å². The van der Waals surface area contributed by atoms with Gasteiger partial charge in [-0.1, -0.05) is 6.07 Å². The molecule has 11 heteroatoms. The third-order valence-corrected chi connectivity index (χ3v) is 4.14. The minimum Gasteiger partial charge on any atom is -0.439 e. The average molecular weight is 427 g/mol. The van der Waals surface area contributed by atoms with Gasteiger partial charge in [0.1, 0.15) is 5.75 Å². The van der Waals surface area contributed by atoms with Crippen molar-refractivity contribution in [3.63, 3.8) is 0 Å². The highest BCUT2D eigenvalue weighted by atomic mass is 19.4. The molecule has 0 aliphatic heterocycles. The molecule has 0 bridgehead atoms. The van der Waals surface area contributed by atoms with Crippen molar-refractivity contribution in [1.29, 1.82) is 0 Å². The number of nitrogen functional groups attached to an aromatic ring is 1. The van der Waals surface area contributed by atoms with Crippen molar-refractivity contribution in [3.05, 3.63) is 65.9 Å². The molecular weight excluding hydrogens is 411 g/mol. The predicted octanol–water partition coefficient (Wildman–Crippen LogP) is 4.71. The number of nitrogens with one attached hydrogen (secondary N) is 2. The Hall–Kier alpha value is -4.15. The Morgan fingerprint density at radius 1 is 1.00 bits per heavy atom. The van der Waals surface area contributed by atoms with Crippen LogP contribution in [0.5, 0.6) is 11.6 Å². The van der Waals surface area contributed by atoms with Crippen molar-refractivity contribution in [2.24, 2.45) is 0 Å². The molecule has 2 aromatic heterocycles. The smallest absolute Gasteiger partial charge is 0.416 e. The van der Waals surface area contributed by atoms with E-state index in [0.717, 1.165) is 12.1 Å². The Morgan fingerprint density at radius 2 is 1.77 bits per heavy atom. The molecule has 8 nitrogen and oxygen atoms in total. The summed E-state index contributed by atoms with van der Waals surface area (Å²) in [6.45, 7) is 1.78. The number of aromatic nitrogens is 5. The molecule has 0 amide bonds. The zero-order chi connectivity index (χ0) is 22.0. The quantitative estimate of drug-likeness (QED) is 0.423. The van der Waals surface area contributed by atoms with E-state index in [-0.39, 0.29) is 17.6 Å². The molecule has 0 atom stereocenters. The van der Waals surface area contributed by atoms with Crippen molar-refractivity contribution in [2.75, 3.05) is 11.1 Å². The Balaban J connectivity index is 1.47. The molecule has 0 radical (unpaired) electrons. The number of ether oxygens (including phenoxy) is 1. The highest BCUT2D eigenvalue weighted by Gasteiger charge is 2.30. The minimum atomic E-state index is -4.43. The summed E-state index contributed by atoms with van der Waals surface area (Å²) in [7, 11) is 0. The Bertz CT molecular complexity index is 1190. The second-order valence-electron chi connectivity index (χ2n) is 6.56. The number of hydrogen-bond acceptors (Lipinski definition) is 7. The molecule has 2 aromatic carbocycles. The molecule has 4 rings (SSSR count). The van der Waals surface area contributed by atoms with Crippen LogP contribution in [0.4, 0.5) is 30.8 Å². The molecule has 0 spiro atoms. The Morgan fingerprint density at radius 3 is 2.48 bits per heavy atom. The van der Waals surface area contributed by atoms with Crippen molar-refractivity contribution in [1.82, 2.24) is 25.1 Å². The maximum atomic E-state index is 12.9. The van der Waals surface area contributed by atoms with Gasteiger partial charge in [-0.3, -0.25) is 0 Å². The van der Waals surface area contributed by atoms with Crippen LogP contribution in [0.25, 0.3) is 11.4 Å². The topological polar surface area (TPSA) is 115 Å².